The minimum Gasteiger partial charge on any atom is -0.480 e. The highest BCUT2D eigenvalue weighted by Gasteiger charge is 2.31. The summed E-state index contributed by atoms with van der Waals surface area (Å²) >= 11 is 3.39. The van der Waals surface area contributed by atoms with Gasteiger partial charge in [0.1, 0.15) is 23.7 Å². The van der Waals surface area contributed by atoms with E-state index in [1.165, 1.54) is 24.3 Å². The molecule has 2 aromatic rings. The molecule has 0 radical (unpaired) electrons. The molecule has 166 valence electrons. The average Bonchev–Trinajstić information content (AvgIpc) is 2.71. The van der Waals surface area contributed by atoms with Crippen molar-refractivity contribution in [3.05, 3.63) is 47.0 Å². The third kappa shape index (κ3) is 6.66. The number of ether oxygens (including phenoxy) is 3. The van der Waals surface area contributed by atoms with E-state index < -0.39 is 12.3 Å². The number of hydrogen-bond donors (Lipinski definition) is 0. The van der Waals surface area contributed by atoms with Gasteiger partial charge in [-0.15, -0.1) is 19.1 Å². The summed E-state index contributed by atoms with van der Waals surface area (Å²) in [6.07, 6.45) is -4.09. The largest absolute Gasteiger partial charge is 0.573 e. The minimum atomic E-state index is -4.76. The van der Waals surface area contributed by atoms with E-state index >= 15 is 0 Å². The van der Waals surface area contributed by atoms with Gasteiger partial charge in [-0.25, -0.2) is 4.79 Å². The van der Waals surface area contributed by atoms with Gasteiger partial charge in [-0.2, -0.15) is 0 Å². The van der Waals surface area contributed by atoms with Gasteiger partial charge >= 0.3 is 12.3 Å². The Kier molecular flexibility index (Phi) is 8.81. The number of alkyl halides is 4. The summed E-state index contributed by atoms with van der Waals surface area (Å²) in [6, 6.07) is 7.31. The van der Waals surface area contributed by atoms with Crippen LogP contribution in [0.15, 0.2) is 30.3 Å². The molecule has 31 heavy (non-hydrogen) atoms. The van der Waals surface area contributed by atoms with Crippen molar-refractivity contribution in [1.29, 1.82) is 0 Å². The molecule has 0 amide bonds. The standard InChI is InChI=1S/C23H22BrF3O4/c1-4-6-7-12-30-21-15(3)19(13-17(14-24)20(21)22(28)29-5-2)16-8-10-18(11-9-16)31-23(25,26)27/h8-11,13H,4-5,12,14H2,1-3H3. The molecular formula is C23H22BrF3O4. The van der Waals surface area contributed by atoms with Crippen LogP contribution in [0, 0.1) is 18.8 Å². The topological polar surface area (TPSA) is 44.8 Å². The molecule has 0 N–H and O–H groups in total. The Morgan fingerprint density at radius 2 is 1.81 bits per heavy atom. The molecule has 0 aromatic heterocycles. The molecule has 8 heteroatoms. The lowest BCUT2D eigenvalue weighted by Crippen LogP contribution is -2.17. The maximum Gasteiger partial charge on any atom is 0.573 e. The van der Waals surface area contributed by atoms with Crippen LogP contribution in [-0.4, -0.2) is 25.5 Å². The van der Waals surface area contributed by atoms with E-state index in [4.69, 9.17) is 9.47 Å². The first-order valence-corrected chi connectivity index (χ1v) is 10.7. The molecule has 0 fully saturated rings. The number of benzene rings is 2. The van der Waals surface area contributed by atoms with Crippen LogP contribution < -0.4 is 9.47 Å². The van der Waals surface area contributed by atoms with Crippen LogP contribution >= 0.6 is 15.9 Å². The Balaban J connectivity index is 2.56. The molecule has 0 aliphatic heterocycles. The third-order valence-corrected chi connectivity index (χ3v) is 4.83. The van der Waals surface area contributed by atoms with E-state index in [-0.39, 0.29) is 19.0 Å². The minimum absolute atomic E-state index is 0.0879. The van der Waals surface area contributed by atoms with Gasteiger partial charge in [0.05, 0.1) is 6.61 Å². The summed E-state index contributed by atoms with van der Waals surface area (Å²) < 4.78 is 52.3. The monoisotopic (exact) mass is 498 g/mol. The molecule has 4 nitrogen and oxygen atoms in total. The van der Waals surface area contributed by atoms with Crippen molar-refractivity contribution in [3.8, 4) is 34.5 Å². The molecule has 2 aromatic carbocycles. The molecule has 0 aliphatic rings. The summed E-state index contributed by atoms with van der Waals surface area (Å²) in [5, 5.41) is 0.348. The van der Waals surface area contributed by atoms with Crippen molar-refractivity contribution in [1.82, 2.24) is 0 Å². The molecule has 0 unspecified atom stereocenters. The fourth-order valence-corrected chi connectivity index (χ4v) is 3.39. The highest BCUT2D eigenvalue weighted by Crippen LogP contribution is 2.38. The lowest BCUT2D eigenvalue weighted by molar-refractivity contribution is -0.274. The Labute approximate surface area is 187 Å². The molecule has 0 atom stereocenters. The fraction of sp³-hybridized carbons (Fsp3) is 0.348. The lowest BCUT2D eigenvalue weighted by atomic mass is 9.93. The zero-order valence-corrected chi connectivity index (χ0v) is 18.9. The van der Waals surface area contributed by atoms with Gasteiger partial charge < -0.3 is 14.2 Å². The van der Waals surface area contributed by atoms with Gasteiger partial charge in [0.2, 0.25) is 0 Å². The van der Waals surface area contributed by atoms with E-state index in [0.29, 0.717) is 45.3 Å². The number of hydrogen-bond acceptors (Lipinski definition) is 4. The van der Waals surface area contributed by atoms with Crippen molar-refractivity contribution in [2.75, 3.05) is 13.2 Å². The summed E-state index contributed by atoms with van der Waals surface area (Å²) in [5.41, 5.74) is 2.94. The normalized spacial score (nSPS) is 10.8. The summed E-state index contributed by atoms with van der Waals surface area (Å²) in [6.45, 7) is 5.70. The van der Waals surface area contributed by atoms with E-state index in [1.54, 1.807) is 19.9 Å². The number of halogens is 4. The van der Waals surface area contributed by atoms with Gasteiger partial charge in [0.15, 0.2) is 0 Å². The van der Waals surface area contributed by atoms with Gasteiger partial charge in [0.25, 0.3) is 0 Å². The summed E-state index contributed by atoms with van der Waals surface area (Å²) in [7, 11) is 0. The summed E-state index contributed by atoms with van der Waals surface area (Å²) in [5.74, 6) is 5.29. The Morgan fingerprint density at radius 3 is 2.35 bits per heavy atom. The molecule has 0 saturated carbocycles. The highest BCUT2D eigenvalue weighted by molar-refractivity contribution is 9.08. The maximum absolute atomic E-state index is 12.6. The van der Waals surface area contributed by atoms with Crippen LogP contribution in [0.25, 0.3) is 11.1 Å². The molecule has 0 heterocycles. The Hall–Kier alpha value is -2.66. The first kappa shape index (κ1) is 24.6. The number of carbonyl (C=O) groups is 1. The predicted molar refractivity (Wildman–Crippen MR) is 115 cm³/mol. The zero-order valence-electron chi connectivity index (χ0n) is 17.4. The first-order chi connectivity index (χ1) is 14.7. The molecule has 0 bridgehead atoms. The van der Waals surface area contributed by atoms with Crippen LogP contribution in [0.3, 0.4) is 0 Å². The van der Waals surface area contributed by atoms with Crippen LogP contribution in [0.1, 0.15) is 41.8 Å². The van der Waals surface area contributed by atoms with Crippen LogP contribution in [0.4, 0.5) is 13.2 Å². The van der Waals surface area contributed by atoms with Gasteiger partial charge in [0, 0.05) is 11.8 Å². The first-order valence-electron chi connectivity index (χ1n) is 9.56. The molecule has 0 spiro atoms. The predicted octanol–water partition coefficient (Wildman–Crippen LogP) is 6.42. The van der Waals surface area contributed by atoms with Crippen molar-refractivity contribution in [3.63, 3.8) is 0 Å². The lowest BCUT2D eigenvalue weighted by Gasteiger charge is -2.19. The summed E-state index contributed by atoms with van der Waals surface area (Å²) in [4.78, 5) is 12.6. The Bertz CT molecular complexity index is 974. The van der Waals surface area contributed by atoms with E-state index in [2.05, 4.69) is 32.5 Å². The number of esters is 1. The van der Waals surface area contributed by atoms with Crippen molar-refractivity contribution >= 4 is 21.9 Å². The maximum atomic E-state index is 12.6. The molecule has 2 rings (SSSR count). The quantitative estimate of drug-likeness (QED) is 0.251. The molecule has 0 aliphatic carbocycles. The van der Waals surface area contributed by atoms with Crippen LogP contribution in [-0.2, 0) is 10.1 Å². The van der Waals surface area contributed by atoms with Crippen LogP contribution in [0.2, 0.25) is 0 Å². The smallest absolute Gasteiger partial charge is 0.480 e. The second-order valence-corrected chi connectivity index (χ2v) is 6.90. The van der Waals surface area contributed by atoms with Crippen LogP contribution in [0.5, 0.6) is 11.5 Å². The number of rotatable bonds is 7. The second-order valence-electron chi connectivity index (χ2n) is 6.33. The van der Waals surface area contributed by atoms with Crippen molar-refractivity contribution < 1.29 is 32.2 Å². The van der Waals surface area contributed by atoms with E-state index in [9.17, 15) is 18.0 Å². The molecular weight excluding hydrogens is 477 g/mol. The number of carbonyl (C=O) groups excluding carboxylic acids is 1. The second kappa shape index (κ2) is 11.1. The van der Waals surface area contributed by atoms with E-state index in [0.717, 1.165) is 0 Å². The average molecular weight is 499 g/mol. The fourth-order valence-electron chi connectivity index (χ4n) is 2.94. The third-order valence-electron chi connectivity index (χ3n) is 4.22. The molecule has 0 saturated heterocycles. The van der Waals surface area contributed by atoms with Crippen molar-refractivity contribution in [2.24, 2.45) is 0 Å². The SMILES string of the molecule is CCC#CCOc1c(C)c(-c2ccc(OC(F)(F)F)cc2)cc(CBr)c1C(=O)OCC. The highest BCUT2D eigenvalue weighted by atomic mass is 79.9. The van der Waals surface area contributed by atoms with Gasteiger partial charge in [-0.1, -0.05) is 40.9 Å². The van der Waals surface area contributed by atoms with E-state index in [1.807, 2.05) is 6.92 Å². The zero-order chi connectivity index (χ0) is 23.0. The Morgan fingerprint density at radius 1 is 1.13 bits per heavy atom. The van der Waals surface area contributed by atoms with Gasteiger partial charge in [-0.05, 0) is 54.3 Å². The van der Waals surface area contributed by atoms with Crippen molar-refractivity contribution in [2.45, 2.75) is 38.9 Å². The van der Waals surface area contributed by atoms with Gasteiger partial charge in [-0.3, -0.25) is 0 Å².